The van der Waals surface area contributed by atoms with E-state index >= 15 is 0 Å². The van der Waals surface area contributed by atoms with Crippen molar-refractivity contribution in [1.82, 2.24) is 19.4 Å². The molecule has 1 unspecified atom stereocenters. The number of hydrogen-bond acceptors (Lipinski definition) is 7. The van der Waals surface area contributed by atoms with Gasteiger partial charge in [-0.3, -0.25) is 0 Å². The highest BCUT2D eigenvalue weighted by Crippen LogP contribution is 2.24. The fraction of sp³-hybridized carbons (Fsp3) is 0.778. The lowest BCUT2D eigenvalue weighted by atomic mass is 10.3. The maximum Gasteiger partial charge on any atom is 0.272 e. The summed E-state index contributed by atoms with van der Waals surface area (Å²) in [5.41, 5.74) is 5.45. The standard InChI is InChI=1S/C9H17N5O2S2/c1-7-6-13(2)4-3-5-14(7)18(15,16)9-12-11-8(10)17-9/h7H,3-6H2,1-2H3,(H2,10,11). The summed E-state index contributed by atoms with van der Waals surface area (Å²) in [6, 6.07) is -0.0763. The van der Waals surface area contributed by atoms with Gasteiger partial charge in [-0.25, -0.2) is 8.42 Å². The number of aromatic nitrogens is 2. The van der Waals surface area contributed by atoms with Gasteiger partial charge in [-0.05, 0) is 26.9 Å². The van der Waals surface area contributed by atoms with Gasteiger partial charge < -0.3 is 10.6 Å². The average Bonchev–Trinajstić information content (AvgIpc) is 2.63. The number of nitrogens with two attached hydrogens (primary N) is 1. The van der Waals surface area contributed by atoms with Crippen LogP contribution >= 0.6 is 11.3 Å². The van der Waals surface area contributed by atoms with Gasteiger partial charge in [-0.15, -0.1) is 10.2 Å². The molecule has 1 fully saturated rings. The molecule has 0 radical (unpaired) electrons. The summed E-state index contributed by atoms with van der Waals surface area (Å²) in [5.74, 6) is 0. The SMILES string of the molecule is CC1CN(C)CCCN1S(=O)(=O)c1nnc(N)s1. The molecule has 1 aromatic rings. The van der Waals surface area contributed by atoms with Crippen LogP contribution in [0.2, 0.25) is 0 Å². The number of likely N-dealkylation sites (N-methyl/N-ethyl adjacent to an activating group) is 1. The monoisotopic (exact) mass is 291 g/mol. The summed E-state index contributed by atoms with van der Waals surface area (Å²) in [7, 11) is -1.57. The normalized spacial score (nSPS) is 24.0. The predicted octanol–water partition coefficient (Wildman–Crippen LogP) is -0.165. The highest BCUT2D eigenvalue weighted by atomic mass is 32.2. The zero-order valence-corrected chi connectivity index (χ0v) is 12.0. The van der Waals surface area contributed by atoms with Gasteiger partial charge in [0.25, 0.3) is 10.0 Å². The average molecular weight is 291 g/mol. The molecule has 2 N–H and O–H groups in total. The molecule has 0 aliphatic carbocycles. The molecule has 0 amide bonds. The molecule has 1 atom stereocenters. The molecule has 0 aromatic carbocycles. The Hall–Kier alpha value is -0.770. The second-order valence-electron chi connectivity index (χ2n) is 4.49. The molecule has 102 valence electrons. The number of nitrogens with zero attached hydrogens (tertiary/aromatic N) is 4. The van der Waals surface area contributed by atoms with E-state index in [9.17, 15) is 8.42 Å². The molecule has 9 heteroatoms. The zero-order valence-electron chi connectivity index (χ0n) is 10.4. The maximum absolute atomic E-state index is 12.4. The second-order valence-corrected chi connectivity index (χ2v) is 7.56. The fourth-order valence-electron chi connectivity index (χ4n) is 2.13. The van der Waals surface area contributed by atoms with E-state index in [0.717, 1.165) is 24.3 Å². The van der Waals surface area contributed by atoms with Gasteiger partial charge in [0, 0.05) is 19.1 Å². The first-order valence-corrected chi connectivity index (χ1v) is 7.96. The van der Waals surface area contributed by atoms with Crippen LogP contribution in [0.5, 0.6) is 0 Å². The van der Waals surface area contributed by atoms with Crippen molar-refractivity contribution in [2.75, 3.05) is 32.4 Å². The topological polar surface area (TPSA) is 92.4 Å². The Balaban J connectivity index is 2.29. The molecule has 1 saturated heterocycles. The number of nitrogen functional groups attached to an aromatic ring is 1. The van der Waals surface area contributed by atoms with Gasteiger partial charge in [0.05, 0.1) is 0 Å². The molecule has 1 aromatic heterocycles. The Labute approximate surface area is 111 Å². The Morgan fingerprint density at radius 2 is 2.11 bits per heavy atom. The second kappa shape index (κ2) is 5.08. The molecule has 2 heterocycles. The van der Waals surface area contributed by atoms with Crippen LogP contribution in [0.25, 0.3) is 0 Å². The third-order valence-electron chi connectivity index (χ3n) is 2.94. The number of hydrogen-bond donors (Lipinski definition) is 1. The van der Waals surface area contributed by atoms with Gasteiger partial charge >= 0.3 is 0 Å². The van der Waals surface area contributed by atoms with Crippen molar-refractivity contribution in [2.24, 2.45) is 0 Å². The molecular formula is C9H17N5O2S2. The third kappa shape index (κ3) is 2.63. The van der Waals surface area contributed by atoms with Gasteiger partial charge in [0.2, 0.25) is 9.47 Å². The molecular weight excluding hydrogens is 274 g/mol. The summed E-state index contributed by atoms with van der Waals surface area (Å²) in [5, 5.41) is 7.39. The van der Waals surface area contributed by atoms with Gasteiger partial charge in [-0.2, -0.15) is 4.31 Å². The van der Waals surface area contributed by atoms with E-state index in [1.165, 1.54) is 4.31 Å². The first kappa shape index (κ1) is 13.7. The van der Waals surface area contributed by atoms with Crippen molar-refractivity contribution >= 4 is 26.5 Å². The molecule has 1 aliphatic heterocycles. The van der Waals surface area contributed by atoms with Crippen molar-refractivity contribution in [3.63, 3.8) is 0 Å². The van der Waals surface area contributed by atoms with Crippen LogP contribution in [0.4, 0.5) is 5.13 Å². The van der Waals surface area contributed by atoms with Crippen LogP contribution in [0.15, 0.2) is 4.34 Å². The van der Waals surface area contributed by atoms with Crippen LogP contribution in [0, 0.1) is 0 Å². The first-order valence-electron chi connectivity index (χ1n) is 5.70. The lowest BCUT2D eigenvalue weighted by Gasteiger charge is -2.25. The molecule has 7 nitrogen and oxygen atoms in total. The van der Waals surface area contributed by atoms with Crippen molar-refractivity contribution < 1.29 is 8.42 Å². The minimum Gasteiger partial charge on any atom is -0.374 e. The van der Waals surface area contributed by atoms with Crippen LogP contribution in [0.1, 0.15) is 13.3 Å². The van der Waals surface area contributed by atoms with E-state index in [1.54, 1.807) is 0 Å². The van der Waals surface area contributed by atoms with Crippen LogP contribution in [0.3, 0.4) is 0 Å². The van der Waals surface area contributed by atoms with E-state index in [0.29, 0.717) is 13.1 Å². The van der Waals surface area contributed by atoms with E-state index in [-0.39, 0.29) is 15.5 Å². The first-order chi connectivity index (χ1) is 8.41. The third-order valence-corrected chi connectivity index (χ3v) is 6.05. The molecule has 18 heavy (non-hydrogen) atoms. The van der Waals surface area contributed by atoms with E-state index in [4.69, 9.17) is 5.73 Å². The fourth-order valence-corrected chi connectivity index (χ4v) is 4.69. The highest BCUT2D eigenvalue weighted by Gasteiger charge is 2.33. The largest absolute Gasteiger partial charge is 0.374 e. The smallest absolute Gasteiger partial charge is 0.272 e. The lowest BCUT2D eigenvalue weighted by Crippen LogP contribution is -2.41. The van der Waals surface area contributed by atoms with Crippen molar-refractivity contribution in [3.8, 4) is 0 Å². The van der Waals surface area contributed by atoms with Crippen LogP contribution < -0.4 is 5.73 Å². The lowest BCUT2D eigenvalue weighted by molar-refractivity contribution is 0.290. The molecule has 0 saturated carbocycles. The van der Waals surface area contributed by atoms with E-state index in [1.807, 2.05) is 14.0 Å². The predicted molar refractivity (Wildman–Crippen MR) is 69.8 cm³/mol. The molecule has 1 aliphatic rings. The highest BCUT2D eigenvalue weighted by molar-refractivity contribution is 7.91. The van der Waals surface area contributed by atoms with E-state index < -0.39 is 10.0 Å². The summed E-state index contributed by atoms with van der Waals surface area (Å²) in [4.78, 5) is 2.13. The Bertz CT molecular complexity index is 515. The van der Waals surface area contributed by atoms with Gasteiger partial charge in [-0.1, -0.05) is 11.3 Å². The summed E-state index contributed by atoms with van der Waals surface area (Å²) in [6.45, 7) is 4.03. The molecule has 0 spiro atoms. The molecule has 2 rings (SSSR count). The summed E-state index contributed by atoms with van der Waals surface area (Å²) < 4.78 is 26.3. The Morgan fingerprint density at radius 3 is 2.72 bits per heavy atom. The van der Waals surface area contributed by atoms with Crippen LogP contribution in [-0.2, 0) is 10.0 Å². The zero-order chi connectivity index (χ0) is 13.3. The van der Waals surface area contributed by atoms with Gasteiger partial charge in [0.15, 0.2) is 0 Å². The minimum atomic E-state index is -3.57. The maximum atomic E-state index is 12.4. The summed E-state index contributed by atoms with van der Waals surface area (Å²) in [6.07, 6.45) is 0.814. The number of sulfonamides is 1. The Morgan fingerprint density at radius 1 is 1.39 bits per heavy atom. The van der Waals surface area contributed by atoms with Crippen molar-refractivity contribution in [2.45, 2.75) is 23.7 Å². The van der Waals surface area contributed by atoms with Crippen LogP contribution in [-0.4, -0.2) is 60.5 Å². The Kier molecular flexibility index (Phi) is 3.85. The van der Waals surface area contributed by atoms with E-state index in [2.05, 4.69) is 15.1 Å². The van der Waals surface area contributed by atoms with Crippen molar-refractivity contribution in [1.29, 1.82) is 0 Å². The van der Waals surface area contributed by atoms with Gasteiger partial charge in [0.1, 0.15) is 0 Å². The summed E-state index contributed by atoms with van der Waals surface area (Å²) >= 11 is 0.910. The quantitative estimate of drug-likeness (QED) is 0.813. The minimum absolute atomic E-state index is 0.0172. The molecule has 0 bridgehead atoms. The van der Waals surface area contributed by atoms with Crippen molar-refractivity contribution in [3.05, 3.63) is 0 Å². The number of anilines is 1. The number of rotatable bonds is 2.